The number of carbonyl (C=O) groups is 2. The molecule has 3 aromatic carbocycles. The summed E-state index contributed by atoms with van der Waals surface area (Å²) in [5.74, 6) is -0.888. The molecule has 0 bridgehead atoms. The van der Waals surface area contributed by atoms with Gasteiger partial charge in [-0.1, -0.05) is 29.3 Å². The van der Waals surface area contributed by atoms with Crippen LogP contribution in [-0.2, 0) is 14.8 Å². The standard InChI is InChI=1S/C25H25ClN2O7S/c1-14-6-9-19(15(2)10-14)28-36(31,32)23-11-16(7-8-18(23)26)24(29)27-20-13-22(34-4)21(33-3)12-17(20)25(30)35-5/h6-13,28H,1-5H3,(H,27,29). The summed E-state index contributed by atoms with van der Waals surface area (Å²) in [5.41, 5.74) is 2.19. The first-order valence-electron chi connectivity index (χ1n) is 10.6. The number of amides is 1. The Labute approximate surface area is 214 Å². The minimum atomic E-state index is -4.13. The van der Waals surface area contributed by atoms with Gasteiger partial charge in [0.05, 0.1) is 43.3 Å². The van der Waals surface area contributed by atoms with Gasteiger partial charge in [0, 0.05) is 17.7 Å². The molecule has 3 rings (SSSR count). The summed E-state index contributed by atoms with van der Waals surface area (Å²) in [6.07, 6.45) is 0. The number of aryl methyl sites for hydroxylation is 2. The van der Waals surface area contributed by atoms with Crippen LogP contribution in [0.1, 0.15) is 31.8 Å². The molecule has 11 heteroatoms. The summed E-state index contributed by atoms with van der Waals surface area (Å²) in [6.45, 7) is 3.67. The van der Waals surface area contributed by atoms with E-state index in [1.807, 2.05) is 13.0 Å². The summed E-state index contributed by atoms with van der Waals surface area (Å²) in [4.78, 5) is 25.1. The van der Waals surface area contributed by atoms with Crippen LogP contribution >= 0.6 is 11.6 Å². The van der Waals surface area contributed by atoms with Crippen LogP contribution in [0, 0.1) is 13.8 Å². The molecule has 1 amide bonds. The predicted octanol–water partition coefficient (Wildman–Crippen LogP) is 4.81. The second-order valence-electron chi connectivity index (χ2n) is 7.77. The highest BCUT2D eigenvalue weighted by molar-refractivity contribution is 7.92. The summed E-state index contributed by atoms with van der Waals surface area (Å²) in [7, 11) is -0.123. The van der Waals surface area contributed by atoms with Crippen LogP contribution < -0.4 is 19.5 Å². The van der Waals surface area contributed by atoms with Crippen molar-refractivity contribution in [3.63, 3.8) is 0 Å². The Morgan fingerprint density at radius 1 is 0.861 bits per heavy atom. The average Bonchev–Trinajstić information content (AvgIpc) is 2.85. The minimum absolute atomic E-state index is 0.00833. The molecule has 9 nitrogen and oxygen atoms in total. The molecule has 36 heavy (non-hydrogen) atoms. The number of anilines is 2. The lowest BCUT2D eigenvalue weighted by Gasteiger charge is -2.15. The number of methoxy groups -OCH3 is 3. The van der Waals surface area contributed by atoms with E-state index in [4.69, 9.17) is 25.8 Å². The third-order valence-electron chi connectivity index (χ3n) is 5.29. The molecule has 0 saturated carbocycles. The topological polar surface area (TPSA) is 120 Å². The Balaban J connectivity index is 1.98. The Hall–Kier alpha value is -3.76. The second kappa shape index (κ2) is 10.9. The van der Waals surface area contributed by atoms with Gasteiger partial charge in [-0.2, -0.15) is 0 Å². The monoisotopic (exact) mass is 532 g/mol. The van der Waals surface area contributed by atoms with Gasteiger partial charge in [-0.25, -0.2) is 13.2 Å². The maximum absolute atomic E-state index is 13.1. The number of carbonyl (C=O) groups excluding carboxylic acids is 2. The van der Waals surface area contributed by atoms with Crippen LogP contribution in [0.2, 0.25) is 5.02 Å². The van der Waals surface area contributed by atoms with Gasteiger partial charge < -0.3 is 19.5 Å². The summed E-state index contributed by atoms with van der Waals surface area (Å²) < 4.78 is 44.0. The van der Waals surface area contributed by atoms with Gasteiger partial charge in [0.2, 0.25) is 0 Å². The number of halogens is 1. The van der Waals surface area contributed by atoms with Crippen molar-refractivity contribution in [1.82, 2.24) is 0 Å². The normalized spacial score (nSPS) is 10.9. The summed E-state index contributed by atoms with van der Waals surface area (Å²) >= 11 is 6.19. The maximum Gasteiger partial charge on any atom is 0.340 e. The highest BCUT2D eigenvalue weighted by Gasteiger charge is 2.23. The molecule has 0 radical (unpaired) electrons. The van der Waals surface area contributed by atoms with Crippen LogP contribution in [0.15, 0.2) is 53.4 Å². The first-order chi connectivity index (χ1) is 17.0. The highest BCUT2D eigenvalue weighted by atomic mass is 35.5. The fraction of sp³-hybridized carbons (Fsp3) is 0.200. The summed E-state index contributed by atoms with van der Waals surface area (Å²) in [5, 5.41) is 2.53. The van der Waals surface area contributed by atoms with E-state index in [-0.39, 0.29) is 38.2 Å². The van der Waals surface area contributed by atoms with Gasteiger partial charge in [0.1, 0.15) is 4.90 Å². The molecular formula is C25H25ClN2O7S. The second-order valence-corrected chi connectivity index (χ2v) is 9.83. The minimum Gasteiger partial charge on any atom is -0.493 e. The van der Waals surface area contributed by atoms with Gasteiger partial charge in [-0.05, 0) is 43.7 Å². The molecule has 0 fully saturated rings. The molecule has 0 aromatic heterocycles. The zero-order valence-corrected chi connectivity index (χ0v) is 21.8. The molecule has 0 aliphatic carbocycles. The first kappa shape index (κ1) is 26.8. The van der Waals surface area contributed by atoms with Crippen molar-refractivity contribution in [2.24, 2.45) is 0 Å². The Morgan fingerprint density at radius 3 is 2.14 bits per heavy atom. The van der Waals surface area contributed by atoms with Crippen LogP contribution in [0.3, 0.4) is 0 Å². The van der Waals surface area contributed by atoms with Crippen molar-refractivity contribution in [3.8, 4) is 11.5 Å². The van der Waals surface area contributed by atoms with Crippen LogP contribution in [0.4, 0.5) is 11.4 Å². The molecular weight excluding hydrogens is 508 g/mol. The number of hydrogen-bond acceptors (Lipinski definition) is 7. The predicted molar refractivity (Wildman–Crippen MR) is 137 cm³/mol. The first-order valence-corrected chi connectivity index (χ1v) is 12.4. The largest absolute Gasteiger partial charge is 0.493 e. The third-order valence-corrected chi connectivity index (χ3v) is 7.13. The number of ether oxygens (including phenoxy) is 3. The molecule has 3 aromatic rings. The van der Waals surface area contributed by atoms with E-state index < -0.39 is 21.9 Å². The Bertz CT molecular complexity index is 1440. The molecule has 0 spiro atoms. The highest BCUT2D eigenvalue weighted by Crippen LogP contribution is 2.34. The van der Waals surface area contributed by atoms with Crippen molar-refractivity contribution in [2.45, 2.75) is 18.7 Å². The number of rotatable bonds is 8. The molecule has 2 N–H and O–H groups in total. The number of esters is 1. The van der Waals surface area contributed by atoms with Gasteiger partial charge in [-0.3, -0.25) is 9.52 Å². The van der Waals surface area contributed by atoms with E-state index in [1.54, 1.807) is 19.1 Å². The fourth-order valence-corrected chi connectivity index (χ4v) is 5.09. The molecule has 0 atom stereocenters. The SMILES string of the molecule is COC(=O)c1cc(OC)c(OC)cc1NC(=O)c1ccc(Cl)c(S(=O)(=O)Nc2ccc(C)cc2C)c1. The van der Waals surface area contributed by atoms with Gasteiger partial charge in [0.25, 0.3) is 15.9 Å². The Kier molecular flexibility index (Phi) is 8.11. The van der Waals surface area contributed by atoms with Gasteiger partial charge in [0.15, 0.2) is 11.5 Å². The van der Waals surface area contributed by atoms with Crippen molar-refractivity contribution in [1.29, 1.82) is 0 Å². The van der Waals surface area contributed by atoms with Crippen molar-refractivity contribution >= 4 is 44.9 Å². The van der Waals surface area contributed by atoms with E-state index in [0.29, 0.717) is 5.69 Å². The lowest BCUT2D eigenvalue weighted by atomic mass is 10.1. The zero-order valence-electron chi connectivity index (χ0n) is 20.3. The lowest BCUT2D eigenvalue weighted by Crippen LogP contribution is -2.18. The molecule has 0 unspecified atom stereocenters. The maximum atomic E-state index is 13.1. The fourth-order valence-electron chi connectivity index (χ4n) is 3.43. The lowest BCUT2D eigenvalue weighted by molar-refractivity contribution is 0.0601. The van der Waals surface area contributed by atoms with Crippen LogP contribution in [0.5, 0.6) is 11.5 Å². The van der Waals surface area contributed by atoms with E-state index >= 15 is 0 Å². The van der Waals surface area contributed by atoms with Gasteiger partial charge in [-0.15, -0.1) is 0 Å². The van der Waals surface area contributed by atoms with Crippen molar-refractivity contribution in [2.75, 3.05) is 31.4 Å². The van der Waals surface area contributed by atoms with Gasteiger partial charge >= 0.3 is 5.97 Å². The molecule has 0 aliphatic heterocycles. The smallest absolute Gasteiger partial charge is 0.340 e. The zero-order chi connectivity index (χ0) is 26.6. The molecule has 0 saturated heterocycles. The van der Waals surface area contributed by atoms with Crippen LogP contribution in [0.25, 0.3) is 0 Å². The molecule has 0 aliphatic rings. The average molecular weight is 533 g/mol. The van der Waals surface area contributed by atoms with Crippen molar-refractivity contribution in [3.05, 3.63) is 75.8 Å². The molecule has 0 heterocycles. The number of nitrogens with one attached hydrogen (secondary N) is 2. The van der Waals surface area contributed by atoms with E-state index in [2.05, 4.69) is 10.0 Å². The quantitative estimate of drug-likeness (QED) is 0.399. The number of benzene rings is 3. The summed E-state index contributed by atoms with van der Waals surface area (Å²) in [6, 6.07) is 11.9. The van der Waals surface area contributed by atoms with E-state index in [9.17, 15) is 18.0 Å². The van der Waals surface area contributed by atoms with Crippen LogP contribution in [-0.4, -0.2) is 41.6 Å². The number of hydrogen-bond donors (Lipinski definition) is 2. The number of sulfonamides is 1. The third kappa shape index (κ3) is 5.72. The van der Waals surface area contributed by atoms with Crippen molar-refractivity contribution < 1.29 is 32.2 Å². The van der Waals surface area contributed by atoms with E-state index in [1.165, 1.54) is 45.6 Å². The Morgan fingerprint density at radius 2 is 1.53 bits per heavy atom. The molecule has 190 valence electrons. The van der Waals surface area contributed by atoms with E-state index in [0.717, 1.165) is 17.2 Å².